The summed E-state index contributed by atoms with van der Waals surface area (Å²) in [5, 5.41) is 0. The molecule has 14 heavy (non-hydrogen) atoms. The second-order valence-corrected chi connectivity index (χ2v) is 4.31. The van der Waals surface area contributed by atoms with Crippen molar-refractivity contribution in [2.75, 3.05) is 20.3 Å². The van der Waals surface area contributed by atoms with Crippen molar-refractivity contribution in [3.63, 3.8) is 0 Å². The van der Waals surface area contributed by atoms with E-state index in [2.05, 4.69) is 18.9 Å². The van der Waals surface area contributed by atoms with E-state index in [1.807, 2.05) is 0 Å². The molecule has 1 aliphatic heterocycles. The average molecular weight is 216 g/mol. The van der Waals surface area contributed by atoms with Crippen molar-refractivity contribution in [1.82, 2.24) is 4.90 Å². The van der Waals surface area contributed by atoms with Gasteiger partial charge in [0, 0.05) is 19.3 Å². The molecule has 0 bridgehead atoms. The molecule has 0 aromatic carbocycles. The van der Waals surface area contributed by atoms with Crippen molar-refractivity contribution in [2.24, 2.45) is 5.73 Å². The van der Waals surface area contributed by atoms with Gasteiger partial charge in [-0.05, 0) is 26.3 Å². The van der Waals surface area contributed by atoms with E-state index in [1.165, 1.54) is 0 Å². The van der Waals surface area contributed by atoms with Gasteiger partial charge in [-0.15, -0.1) is 0 Å². The zero-order valence-electron chi connectivity index (χ0n) is 9.03. The molecule has 1 saturated heterocycles. The summed E-state index contributed by atoms with van der Waals surface area (Å²) >= 11 is 5.07. The Morgan fingerprint density at radius 1 is 1.57 bits per heavy atom. The molecule has 1 heterocycles. The molecule has 1 unspecified atom stereocenters. The van der Waals surface area contributed by atoms with Crippen LogP contribution in [0.3, 0.4) is 0 Å². The molecule has 0 aromatic rings. The number of likely N-dealkylation sites (N-methyl/N-ethyl adjacent to an activating group) is 1. The highest BCUT2D eigenvalue weighted by molar-refractivity contribution is 7.80. The monoisotopic (exact) mass is 216 g/mol. The van der Waals surface area contributed by atoms with Gasteiger partial charge in [0.15, 0.2) is 0 Å². The Bertz CT molecular complexity index is 193. The molecule has 1 fully saturated rings. The fourth-order valence-electron chi connectivity index (χ4n) is 2.04. The van der Waals surface area contributed by atoms with E-state index in [-0.39, 0.29) is 6.04 Å². The fourth-order valence-corrected chi connectivity index (χ4v) is 2.37. The SMILES string of the molecule is CCC(C(N)=S)N(C)C1CCOCC1. The zero-order valence-corrected chi connectivity index (χ0v) is 9.85. The van der Waals surface area contributed by atoms with Gasteiger partial charge in [-0.1, -0.05) is 19.1 Å². The summed E-state index contributed by atoms with van der Waals surface area (Å²) in [6.07, 6.45) is 3.18. The third-order valence-corrected chi connectivity index (χ3v) is 3.25. The lowest BCUT2D eigenvalue weighted by atomic mass is 10.0. The number of thiocarbonyl (C=S) groups is 1. The first kappa shape index (κ1) is 11.9. The van der Waals surface area contributed by atoms with Crippen LogP contribution in [-0.4, -0.2) is 42.2 Å². The predicted octanol–water partition coefficient (Wildman–Crippen LogP) is 1.16. The molecule has 0 aliphatic carbocycles. The van der Waals surface area contributed by atoms with E-state index in [9.17, 15) is 0 Å². The smallest absolute Gasteiger partial charge is 0.0901 e. The first-order valence-electron chi connectivity index (χ1n) is 5.25. The van der Waals surface area contributed by atoms with E-state index >= 15 is 0 Å². The van der Waals surface area contributed by atoms with Gasteiger partial charge in [-0.2, -0.15) is 0 Å². The van der Waals surface area contributed by atoms with Crippen molar-refractivity contribution in [3.8, 4) is 0 Å². The van der Waals surface area contributed by atoms with Crippen molar-refractivity contribution in [1.29, 1.82) is 0 Å². The van der Waals surface area contributed by atoms with Gasteiger partial charge in [0.25, 0.3) is 0 Å². The Labute approximate surface area is 91.6 Å². The minimum atomic E-state index is 0.244. The highest BCUT2D eigenvalue weighted by atomic mass is 32.1. The number of nitrogens with two attached hydrogens (primary N) is 1. The van der Waals surface area contributed by atoms with Gasteiger partial charge >= 0.3 is 0 Å². The summed E-state index contributed by atoms with van der Waals surface area (Å²) in [5.74, 6) is 0. The van der Waals surface area contributed by atoms with Crippen LogP contribution in [0, 0.1) is 0 Å². The van der Waals surface area contributed by atoms with Gasteiger partial charge < -0.3 is 10.5 Å². The summed E-state index contributed by atoms with van der Waals surface area (Å²) < 4.78 is 5.33. The molecule has 0 spiro atoms. The van der Waals surface area contributed by atoms with Crippen LogP contribution in [0.5, 0.6) is 0 Å². The number of rotatable bonds is 4. The van der Waals surface area contributed by atoms with Crippen molar-refractivity contribution >= 4 is 17.2 Å². The Morgan fingerprint density at radius 3 is 2.57 bits per heavy atom. The Hall–Kier alpha value is -0.190. The van der Waals surface area contributed by atoms with E-state index in [0.717, 1.165) is 32.5 Å². The third kappa shape index (κ3) is 2.90. The average Bonchev–Trinajstić information content (AvgIpc) is 2.19. The number of nitrogens with zero attached hydrogens (tertiary/aromatic N) is 1. The predicted molar refractivity (Wildman–Crippen MR) is 62.5 cm³/mol. The van der Waals surface area contributed by atoms with Crippen LogP contribution in [0.1, 0.15) is 26.2 Å². The second kappa shape index (κ2) is 5.63. The standard InChI is InChI=1S/C10H20N2OS/c1-3-9(10(11)14)12(2)8-4-6-13-7-5-8/h8-9H,3-7H2,1-2H3,(H2,11,14). The molecular weight excluding hydrogens is 196 g/mol. The minimum absolute atomic E-state index is 0.244. The molecule has 0 amide bonds. The van der Waals surface area contributed by atoms with Gasteiger partial charge in [-0.3, -0.25) is 4.90 Å². The molecule has 1 atom stereocenters. The zero-order chi connectivity index (χ0) is 10.6. The molecule has 0 radical (unpaired) electrons. The number of ether oxygens (including phenoxy) is 1. The van der Waals surface area contributed by atoms with Crippen LogP contribution >= 0.6 is 12.2 Å². The molecule has 0 saturated carbocycles. The van der Waals surface area contributed by atoms with E-state index in [4.69, 9.17) is 22.7 Å². The Morgan fingerprint density at radius 2 is 2.14 bits per heavy atom. The van der Waals surface area contributed by atoms with Crippen LogP contribution in [-0.2, 0) is 4.74 Å². The summed E-state index contributed by atoms with van der Waals surface area (Å²) in [5.41, 5.74) is 5.71. The second-order valence-electron chi connectivity index (χ2n) is 3.84. The van der Waals surface area contributed by atoms with Crippen LogP contribution in [0.4, 0.5) is 0 Å². The van der Waals surface area contributed by atoms with Gasteiger partial charge in [0.1, 0.15) is 0 Å². The maximum atomic E-state index is 5.71. The van der Waals surface area contributed by atoms with E-state index in [0.29, 0.717) is 11.0 Å². The lowest BCUT2D eigenvalue weighted by molar-refractivity contribution is 0.0369. The Balaban J connectivity index is 2.51. The molecule has 2 N–H and O–H groups in total. The molecule has 0 aromatic heterocycles. The molecule has 1 rings (SSSR count). The topological polar surface area (TPSA) is 38.5 Å². The van der Waals surface area contributed by atoms with Crippen molar-refractivity contribution < 1.29 is 4.74 Å². The molecule has 1 aliphatic rings. The van der Waals surface area contributed by atoms with Gasteiger partial charge in [-0.25, -0.2) is 0 Å². The maximum absolute atomic E-state index is 5.71. The fraction of sp³-hybridized carbons (Fsp3) is 0.900. The summed E-state index contributed by atoms with van der Waals surface area (Å²) in [7, 11) is 2.11. The van der Waals surface area contributed by atoms with Gasteiger partial charge in [0.2, 0.25) is 0 Å². The van der Waals surface area contributed by atoms with Crippen molar-refractivity contribution in [3.05, 3.63) is 0 Å². The molecule has 82 valence electrons. The third-order valence-electron chi connectivity index (χ3n) is 2.97. The first-order valence-corrected chi connectivity index (χ1v) is 5.66. The van der Waals surface area contributed by atoms with Crippen LogP contribution in [0.15, 0.2) is 0 Å². The lowest BCUT2D eigenvalue weighted by Crippen LogP contribution is -2.48. The van der Waals surface area contributed by atoms with Gasteiger partial charge in [0.05, 0.1) is 11.0 Å². The normalized spacial score (nSPS) is 21.1. The van der Waals surface area contributed by atoms with E-state index < -0.39 is 0 Å². The quantitative estimate of drug-likeness (QED) is 0.716. The van der Waals surface area contributed by atoms with Crippen LogP contribution in [0.2, 0.25) is 0 Å². The minimum Gasteiger partial charge on any atom is -0.392 e. The highest BCUT2D eigenvalue weighted by Gasteiger charge is 2.25. The maximum Gasteiger partial charge on any atom is 0.0901 e. The number of hydrogen-bond donors (Lipinski definition) is 1. The summed E-state index contributed by atoms with van der Waals surface area (Å²) in [4.78, 5) is 2.92. The largest absolute Gasteiger partial charge is 0.392 e. The molecule has 4 heteroatoms. The van der Waals surface area contributed by atoms with Crippen LogP contribution in [0.25, 0.3) is 0 Å². The first-order chi connectivity index (χ1) is 6.66. The van der Waals surface area contributed by atoms with Crippen molar-refractivity contribution in [2.45, 2.75) is 38.3 Å². The summed E-state index contributed by atoms with van der Waals surface area (Å²) in [6, 6.07) is 0.822. The van der Waals surface area contributed by atoms with E-state index in [1.54, 1.807) is 0 Å². The lowest BCUT2D eigenvalue weighted by Gasteiger charge is -2.36. The molecular formula is C10H20N2OS. The Kier molecular flexibility index (Phi) is 4.78. The van der Waals surface area contributed by atoms with Crippen LogP contribution < -0.4 is 5.73 Å². The molecule has 3 nitrogen and oxygen atoms in total. The summed E-state index contributed by atoms with van der Waals surface area (Å²) in [6.45, 7) is 3.85. The number of hydrogen-bond acceptors (Lipinski definition) is 3. The highest BCUT2D eigenvalue weighted by Crippen LogP contribution is 2.16.